The first-order valence-corrected chi connectivity index (χ1v) is 6.47. The minimum Gasteiger partial charge on any atom is -0.505 e. The molecular formula is C15H9N3O5. The molecule has 1 aromatic heterocycles. The van der Waals surface area contributed by atoms with Gasteiger partial charge in [-0.2, -0.15) is 0 Å². The second-order valence-corrected chi connectivity index (χ2v) is 4.56. The summed E-state index contributed by atoms with van der Waals surface area (Å²) in [4.78, 5) is 22.0. The van der Waals surface area contributed by atoms with Crippen LogP contribution in [-0.2, 0) is 0 Å². The number of nitro benzene ring substituents is 1. The van der Waals surface area contributed by atoms with Gasteiger partial charge in [0.2, 0.25) is 5.69 Å². The number of nitrogens with zero attached hydrogens (tertiary/aromatic N) is 3. The highest BCUT2D eigenvalue weighted by molar-refractivity contribution is 5.87. The molecule has 2 aromatic carbocycles. The van der Waals surface area contributed by atoms with Gasteiger partial charge in [-0.1, -0.05) is 18.2 Å². The first kappa shape index (κ1) is 14.4. The van der Waals surface area contributed by atoms with Crippen molar-refractivity contribution in [2.45, 2.75) is 0 Å². The fourth-order valence-electron chi connectivity index (χ4n) is 1.99. The Morgan fingerprint density at radius 3 is 2.65 bits per heavy atom. The Balaban J connectivity index is 2.06. The lowest BCUT2D eigenvalue weighted by Gasteiger charge is -2.01. The van der Waals surface area contributed by atoms with Gasteiger partial charge < -0.3 is 9.52 Å². The van der Waals surface area contributed by atoms with E-state index in [1.54, 1.807) is 18.2 Å². The molecule has 0 saturated heterocycles. The molecule has 1 N–H and O–H groups in total. The van der Waals surface area contributed by atoms with Crippen LogP contribution in [0.2, 0.25) is 0 Å². The van der Waals surface area contributed by atoms with Crippen LogP contribution in [0.3, 0.4) is 0 Å². The number of azo groups is 1. The average Bonchev–Trinajstić information content (AvgIpc) is 2.55. The van der Waals surface area contributed by atoms with E-state index in [-0.39, 0.29) is 28.4 Å². The number of nitro groups is 1. The summed E-state index contributed by atoms with van der Waals surface area (Å²) >= 11 is 0. The summed E-state index contributed by atoms with van der Waals surface area (Å²) in [5, 5.41) is 28.6. The van der Waals surface area contributed by atoms with Gasteiger partial charge in [0, 0.05) is 12.1 Å². The second kappa shape index (κ2) is 5.68. The third-order valence-electron chi connectivity index (χ3n) is 3.07. The maximum atomic E-state index is 11.9. The van der Waals surface area contributed by atoms with Crippen molar-refractivity contribution in [3.05, 3.63) is 69.1 Å². The van der Waals surface area contributed by atoms with Gasteiger partial charge in [0.1, 0.15) is 5.58 Å². The number of hydrogen-bond acceptors (Lipinski definition) is 7. The van der Waals surface area contributed by atoms with Gasteiger partial charge in [-0.3, -0.25) is 10.1 Å². The third kappa shape index (κ3) is 2.77. The molecule has 8 nitrogen and oxygen atoms in total. The Bertz CT molecular complexity index is 994. The second-order valence-electron chi connectivity index (χ2n) is 4.56. The van der Waals surface area contributed by atoms with Crippen molar-refractivity contribution in [1.29, 1.82) is 0 Å². The zero-order valence-electron chi connectivity index (χ0n) is 11.5. The highest BCUT2D eigenvalue weighted by Gasteiger charge is 2.13. The molecule has 1 heterocycles. The fourth-order valence-corrected chi connectivity index (χ4v) is 1.99. The van der Waals surface area contributed by atoms with Gasteiger partial charge >= 0.3 is 5.63 Å². The van der Waals surface area contributed by atoms with E-state index in [1.807, 2.05) is 0 Å². The van der Waals surface area contributed by atoms with Crippen molar-refractivity contribution in [2.24, 2.45) is 10.2 Å². The normalized spacial score (nSPS) is 11.1. The number of benzene rings is 2. The molecule has 0 bridgehead atoms. The lowest BCUT2D eigenvalue weighted by atomic mass is 10.2. The van der Waals surface area contributed by atoms with Gasteiger partial charge in [-0.15, -0.1) is 10.2 Å². The molecule has 0 aliphatic rings. The van der Waals surface area contributed by atoms with Crippen molar-refractivity contribution in [1.82, 2.24) is 0 Å². The predicted molar refractivity (Wildman–Crippen MR) is 81.4 cm³/mol. The van der Waals surface area contributed by atoms with Crippen LogP contribution in [0.4, 0.5) is 17.1 Å². The molecule has 0 spiro atoms. The first-order valence-electron chi connectivity index (χ1n) is 6.47. The number of non-ortho nitro benzene ring substituents is 1. The largest absolute Gasteiger partial charge is 0.505 e. The lowest BCUT2D eigenvalue weighted by molar-refractivity contribution is -0.384. The molecule has 0 saturated carbocycles. The molecule has 3 rings (SSSR count). The van der Waals surface area contributed by atoms with Crippen LogP contribution in [0.5, 0.6) is 5.75 Å². The molecule has 3 aromatic rings. The molecule has 0 atom stereocenters. The number of para-hydroxylation sites is 1. The monoisotopic (exact) mass is 311 g/mol. The summed E-state index contributed by atoms with van der Waals surface area (Å²) in [6, 6.07) is 11.9. The smallest absolute Gasteiger partial charge is 0.368 e. The van der Waals surface area contributed by atoms with Crippen LogP contribution in [0, 0.1) is 10.1 Å². The van der Waals surface area contributed by atoms with E-state index in [4.69, 9.17) is 4.42 Å². The molecule has 0 radical (unpaired) electrons. The Hall–Kier alpha value is -3.55. The molecule has 114 valence electrons. The van der Waals surface area contributed by atoms with Crippen LogP contribution in [0.1, 0.15) is 0 Å². The van der Waals surface area contributed by atoms with E-state index in [0.717, 1.165) is 0 Å². The van der Waals surface area contributed by atoms with Crippen LogP contribution in [-0.4, -0.2) is 10.0 Å². The number of aromatic hydroxyl groups is 1. The van der Waals surface area contributed by atoms with Crippen molar-refractivity contribution >= 4 is 28.0 Å². The first-order chi connectivity index (χ1) is 11.1. The Morgan fingerprint density at radius 1 is 1.09 bits per heavy atom. The van der Waals surface area contributed by atoms with Gasteiger partial charge in [0.25, 0.3) is 5.69 Å². The number of fused-ring (bicyclic) bond motifs is 1. The molecular weight excluding hydrogens is 302 g/mol. The van der Waals surface area contributed by atoms with Gasteiger partial charge in [0.05, 0.1) is 16.0 Å². The van der Waals surface area contributed by atoms with Crippen LogP contribution < -0.4 is 5.63 Å². The van der Waals surface area contributed by atoms with Crippen molar-refractivity contribution < 1.29 is 14.4 Å². The van der Waals surface area contributed by atoms with Crippen LogP contribution >= 0.6 is 0 Å². The van der Waals surface area contributed by atoms with Crippen molar-refractivity contribution in [2.75, 3.05) is 0 Å². The quantitative estimate of drug-likeness (QED) is 0.341. The Labute approximate surface area is 128 Å². The number of rotatable bonds is 3. The summed E-state index contributed by atoms with van der Waals surface area (Å²) in [6.45, 7) is 0. The maximum Gasteiger partial charge on any atom is 0.368 e. The Morgan fingerprint density at radius 2 is 1.87 bits per heavy atom. The lowest BCUT2D eigenvalue weighted by Crippen LogP contribution is -1.98. The van der Waals surface area contributed by atoms with Gasteiger partial charge in [-0.05, 0) is 18.2 Å². The van der Waals surface area contributed by atoms with E-state index >= 15 is 0 Å². The summed E-state index contributed by atoms with van der Waals surface area (Å²) < 4.78 is 5.05. The topological polar surface area (TPSA) is 118 Å². The maximum absolute atomic E-state index is 11.9. The molecule has 8 heteroatoms. The van der Waals surface area contributed by atoms with E-state index in [0.29, 0.717) is 5.39 Å². The van der Waals surface area contributed by atoms with Crippen LogP contribution in [0.25, 0.3) is 11.0 Å². The summed E-state index contributed by atoms with van der Waals surface area (Å²) in [7, 11) is 0. The van der Waals surface area contributed by atoms with Crippen molar-refractivity contribution in [3.8, 4) is 5.75 Å². The van der Waals surface area contributed by atoms with Crippen molar-refractivity contribution in [3.63, 3.8) is 0 Å². The molecule has 0 unspecified atom stereocenters. The van der Waals surface area contributed by atoms with E-state index < -0.39 is 10.5 Å². The summed E-state index contributed by atoms with van der Waals surface area (Å²) in [5.41, 5.74) is -0.975. The highest BCUT2D eigenvalue weighted by Crippen LogP contribution is 2.32. The zero-order valence-corrected chi connectivity index (χ0v) is 11.5. The van der Waals surface area contributed by atoms with Crippen LogP contribution in [0.15, 0.2) is 68.0 Å². The van der Waals surface area contributed by atoms with Gasteiger partial charge in [-0.25, -0.2) is 4.79 Å². The SMILES string of the molecule is O=c1oc2ccccc2c(O)c1N=Nc1cccc([N+](=O)[O-])c1. The van der Waals surface area contributed by atoms with E-state index in [2.05, 4.69) is 10.2 Å². The summed E-state index contributed by atoms with van der Waals surface area (Å²) in [6.07, 6.45) is 0. The molecule has 0 amide bonds. The predicted octanol–water partition coefficient (Wildman–Crippen LogP) is 3.82. The van der Waals surface area contributed by atoms with E-state index in [1.165, 1.54) is 30.3 Å². The third-order valence-corrected chi connectivity index (χ3v) is 3.07. The number of hydrogen-bond donors (Lipinski definition) is 1. The molecule has 0 aliphatic heterocycles. The zero-order chi connectivity index (χ0) is 16.4. The van der Waals surface area contributed by atoms with E-state index in [9.17, 15) is 20.0 Å². The fraction of sp³-hybridized carbons (Fsp3) is 0. The molecule has 0 aliphatic carbocycles. The highest BCUT2D eigenvalue weighted by atomic mass is 16.6. The van der Waals surface area contributed by atoms with Gasteiger partial charge in [0.15, 0.2) is 5.75 Å². The standard InChI is InChI=1S/C15H9N3O5/c19-14-11-6-1-2-7-12(11)23-15(20)13(14)17-16-9-4-3-5-10(8-9)18(21)22/h1-8,19H. The molecule has 23 heavy (non-hydrogen) atoms. The minimum atomic E-state index is -0.851. The average molecular weight is 311 g/mol. The minimum absolute atomic E-state index is 0.156. The summed E-state index contributed by atoms with van der Waals surface area (Å²) in [5.74, 6) is -0.356. The molecule has 0 fully saturated rings. The Kier molecular flexibility index (Phi) is 3.55.